The summed E-state index contributed by atoms with van der Waals surface area (Å²) in [5.74, 6) is 0.119. The van der Waals surface area contributed by atoms with Crippen LogP contribution in [0.5, 0.6) is 0 Å². The molecular formula is C17H23Cl2N3O2. The molecule has 7 heteroatoms. The van der Waals surface area contributed by atoms with Gasteiger partial charge >= 0.3 is 0 Å². The van der Waals surface area contributed by atoms with Gasteiger partial charge in [0.25, 0.3) is 5.91 Å². The molecular weight excluding hydrogens is 349 g/mol. The van der Waals surface area contributed by atoms with Crippen LogP contribution in [0.25, 0.3) is 0 Å². The number of nitrogens with zero attached hydrogens (tertiary/aromatic N) is 1. The Morgan fingerprint density at radius 2 is 2.08 bits per heavy atom. The van der Waals surface area contributed by atoms with E-state index in [-0.39, 0.29) is 17.5 Å². The highest BCUT2D eigenvalue weighted by molar-refractivity contribution is 6.36. The minimum atomic E-state index is -0.392. The molecule has 0 spiro atoms. The average Bonchev–Trinajstić information content (AvgIpc) is 2.53. The number of amides is 2. The first kappa shape index (κ1) is 19.0. The van der Waals surface area contributed by atoms with Crippen LogP contribution in [-0.4, -0.2) is 49.4 Å². The van der Waals surface area contributed by atoms with Crippen molar-refractivity contribution in [1.82, 2.24) is 15.5 Å². The van der Waals surface area contributed by atoms with Gasteiger partial charge in [-0.15, -0.1) is 0 Å². The SMILES string of the molecule is CC1CCCN(CCNC(=O)CNC(=O)c2ccc(Cl)cc2Cl)C1. The van der Waals surface area contributed by atoms with E-state index in [0.717, 1.165) is 25.6 Å². The van der Waals surface area contributed by atoms with E-state index in [1.54, 1.807) is 6.07 Å². The fourth-order valence-corrected chi connectivity index (χ4v) is 3.33. The molecule has 1 atom stereocenters. The topological polar surface area (TPSA) is 61.4 Å². The molecule has 2 amide bonds. The molecule has 24 heavy (non-hydrogen) atoms. The molecule has 0 aliphatic carbocycles. The van der Waals surface area contributed by atoms with E-state index in [2.05, 4.69) is 22.5 Å². The maximum Gasteiger partial charge on any atom is 0.253 e. The van der Waals surface area contributed by atoms with Gasteiger partial charge < -0.3 is 15.5 Å². The lowest BCUT2D eigenvalue weighted by Crippen LogP contribution is -2.42. The van der Waals surface area contributed by atoms with E-state index in [4.69, 9.17) is 23.2 Å². The Labute approximate surface area is 152 Å². The van der Waals surface area contributed by atoms with Crippen LogP contribution >= 0.6 is 23.2 Å². The van der Waals surface area contributed by atoms with Crippen LogP contribution in [0.3, 0.4) is 0 Å². The van der Waals surface area contributed by atoms with Gasteiger partial charge in [-0.3, -0.25) is 9.59 Å². The highest BCUT2D eigenvalue weighted by Crippen LogP contribution is 2.20. The number of carbonyl (C=O) groups is 2. The van der Waals surface area contributed by atoms with Gasteiger partial charge in [-0.1, -0.05) is 30.1 Å². The van der Waals surface area contributed by atoms with Crippen molar-refractivity contribution in [2.24, 2.45) is 5.92 Å². The third-order valence-electron chi connectivity index (χ3n) is 4.08. The molecule has 2 rings (SSSR count). The maximum atomic E-state index is 12.0. The Kier molecular flexibility index (Phi) is 7.34. The molecule has 1 aromatic rings. The standard InChI is InChI=1S/C17H23Cl2N3O2/c1-12-3-2-7-22(11-12)8-6-20-16(23)10-21-17(24)14-5-4-13(18)9-15(14)19/h4-5,9,12H,2-3,6-8,10-11H2,1H3,(H,20,23)(H,21,24). The molecule has 1 unspecified atom stereocenters. The van der Waals surface area contributed by atoms with Crippen molar-refractivity contribution < 1.29 is 9.59 Å². The number of rotatable bonds is 6. The summed E-state index contributed by atoms with van der Waals surface area (Å²) in [7, 11) is 0. The van der Waals surface area contributed by atoms with Crippen molar-refractivity contribution in [2.45, 2.75) is 19.8 Å². The molecule has 2 N–H and O–H groups in total. The fourth-order valence-electron chi connectivity index (χ4n) is 2.84. The first-order chi connectivity index (χ1) is 11.5. The predicted molar refractivity (Wildman–Crippen MR) is 96.6 cm³/mol. The first-order valence-electron chi connectivity index (χ1n) is 8.18. The summed E-state index contributed by atoms with van der Waals surface area (Å²) in [5, 5.41) is 6.11. The van der Waals surface area contributed by atoms with Crippen LogP contribution in [0.1, 0.15) is 30.1 Å². The Morgan fingerprint density at radius 3 is 2.79 bits per heavy atom. The minimum absolute atomic E-state index is 0.0752. The second-order valence-electron chi connectivity index (χ2n) is 6.20. The van der Waals surface area contributed by atoms with Crippen LogP contribution in [0.4, 0.5) is 0 Å². The normalized spacial score (nSPS) is 18.2. The minimum Gasteiger partial charge on any atom is -0.353 e. The number of hydrogen-bond acceptors (Lipinski definition) is 3. The van der Waals surface area contributed by atoms with E-state index in [1.807, 2.05) is 0 Å². The molecule has 0 saturated carbocycles. The molecule has 1 fully saturated rings. The molecule has 1 aliphatic rings. The van der Waals surface area contributed by atoms with Crippen LogP contribution in [-0.2, 0) is 4.79 Å². The number of hydrogen-bond donors (Lipinski definition) is 2. The van der Waals surface area contributed by atoms with Crippen molar-refractivity contribution in [3.05, 3.63) is 33.8 Å². The molecule has 0 radical (unpaired) electrons. The zero-order valence-electron chi connectivity index (χ0n) is 13.8. The van der Waals surface area contributed by atoms with Gasteiger partial charge in [-0.25, -0.2) is 0 Å². The Bertz CT molecular complexity index is 595. The number of benzene rings is 1. The Balaban J connectivity index is 1.68. The predicted octanol–water partition coefficient (Wildman–Crippen LogP) is 2.57. The average molecular weight is 372 g/mol. The number of likely N-dealkylation sites (tertiary alicyclic amines) is 1. The Hall–Kier alpha value is -1.30. The van der Waals surface area contributed by atoms with Crippen molar-refractivity contribution in [3.8, 4) is 0 Å². The number of nitrogens with one attached hydrogen (secondary N) is 2. The molecule has 1 aromatic carbocycles. The second-order valence-corrected chi connectivity index (χ2v) is 7.05. The monoisotopic (exact) mass is 371 g/mol. The van der Waals surface area contributed by atoms with Crippen LogP contribution in [0.15, 0.2) is 18.2 Å². The van der Waals surface area contributed by atoms with Gasteiger partial charge in [-0.05, 0) is 43.5 Å². The smallest absolute Gasteiger partial charge is 0.253 e. The summed E-state index contributed by atoms with van der Waals surface area (Å²) in [6.07, 6.45) is 2.50. The van der Waals surface area contributed by atoms with Gasteiger partial charge in [0.1, 0.15) is 0 Å². The second kappa shape index (κ2) is 9.25. The number of piperidine rings is 1. The summed E-state index contributed by atoms with van der Waals surface area (Å²) in [6, 6.07) is 4.62. The molecule has 1 aliphatic heterocycles. The van der Waals surface area contributed by atoms with Crippen molar-refractivity contribution in [1.29, 1.82) is 0 Å². The lowest BCUT2D eigenvalue weighted by Gasteiger charge is -2.30. The molecule has 132 valence electrons. The highest BCUT2D eigenvalue weighted by Gasteiger charge is 2.16. The largest absolute Gasteiger partial charge is 0.353 e. The van der Waals surface area contributed by atoms with Crippen molar-refractivity contribution in [3.63, 3.8) is 0 Å². The van der Waals surface area contributed by atoms with Gasteiger partial charge in [-0.2, -0.15) is 0 Å². The molecule has 0 aromatic heterocycles. The van der Waals surface area contributed by atoms with E-state index in [9.17, 15) is 9.59 Å². The third-order valence-corrected chi connectivity index (χ3v) is 4.62. The van der Waals surface area contributed by atoms with Crippen molar-refractivity contribution in [2.75, 3.05) is 32.7 Å². The number of carbonyl (C=O) groups excluding carboxylic acids is 2. The van der Waals surface area contributed by atoms with E-state index in [1.165, 1.54) is 25.0 Å². The molecule has 1 heterocycles. The van der Waals surface area contributed by atoms with Crippen LogP contribution in [0.2, 0.25) is 10.0 Å². The fraction of sp³-hybridized carbons (Fsp3) is 0.529. The van der Waals surface area contributed by atoms with Gasteiger partial charge in [0.2, 0.25) is 5.91 Å². The summed E-state index contributed by atoms with van der Waals surface area (Å²) in [4.78, 5) is 26.2. The summed E-state index contributed by atoms with van der Waals surface area (Å²) >= 11 is 11.8. The first-order valence-corrected chi connectivity index (χ1v) is 8.93. The van der Waals surface area contributed by atoms with E-state index in [0.29, 0.717) is 17.1 Å². The summed E-state index contributed by atoms with van der Waals surface area (Å²) in [5.41, 5.74) is 0.302. The molecule has 5 nitrogen and oxygen atoms in total. The summed E-state index contributed by atoms with van der Waals surface area (Å²) in [6.45, 7) is 5.78. The van der Waals surface area contributed by atoms with Gasteiger partial charge in [0, 0.05) is 24.7 Å². The lowest BCUT2D eigenvalue weighted by molar-refractivity contribution is -0.120. The zero-order chi connectivity index (χ0) is 17.5. The number of halogens is 2. The van der Waals surface area contributed by atoms with Crippen LogP contribution < -0.4 is 10.6 Å². The van der Waals surface area contributed by atoms with E-state index >= 15 is 0 Å². The maximum absolute atomic E-state index is 12.0. The zero-order valence-corrected chi connectivity index (χ0v) is 15.3. The lowest BCUT2D eigenvalue weighted by atomic mass is 10.0. The molecule has 0 bridgehead atoms. The van der Waals surface area contributed by atoms with Crippen LogP contribution in [0, 0.1) is 5.92 Å². The van der Waals surface area contributed by atoms with Gasteiger partial charge in [0.05, 0.1) is 17.1 Å². The Morgan fingerprint density at radius 1 is 1.29 bits per heavy atom. The summed E-state index contributed by atoms with van der Waals surface area (Å²) < 4.78 is 0. The quantitative estimate of drug-likeness (QED) is 0.807. The molecule has 1 saturated heterocycles. The van der Waals surface area contributed by atoms with E-state index < -0.39 is 5.91 Å². The highest BCUT2D eigenvalue weighted by atomic mass is 35.5. The third kappa shape index (κ3) is 5.96. The van der Waals surface area contributed by atoms with Crippen molar-refractivity contribution >= 4 is 35.0 Å². The van der Waals surface area contributed by atoms with Gasteiger partial charge in [0.15, 0.2) is 0 Å².